The Hall–Kier alpha value is -0.130. The fourth-order valence-electron chi connectivity index (χ4n) is 2.47. The molecule has 0 aromatic carbocycles. The van der Waals surface area contributed by atoms with Gasteiger partial charge in [0.1, 0.15) is 9.84 Å². The van der Waals surface area contributed by atoms with Crippen molar-refractivity contribution in [3.63, 3.8) is 0 Å². The third kappa shape index (κ3) is 5.24. The molecule has 110 valence electrons. The van der Waals surface area contributed by atoms with Crippen LogP contribution in [0.25, 0.3) is 0 Å². The van der Waals surface area contributed by atoms with Crippen LogP contribution in [-0.4, -0.2) is 55.2 Å². The Morgan fingerprint density at radius 1 is 1.22 bits per heavy atom. The number of likely N-dealkylation sites (N-methyl/N-ethyl adjacent to an activating group) is 1. The second-order valence-corrected chi connectivity index (χ2v) is 7.43. The van der Waals surface area contributed by atoms with Gasteiger partial charge in [0.05, 0.1) is 6.10 Å². The molecule has 2 unspecified atom stereocenters. The highest BCUT2D eigenvalue weighted by atomic mass is 32.2. The van der Waals surface area contributed by atoms with Gasteiger partial charge in [-0.15, -0.1) is 0 Å². The molecule has 0 aliphatic rings. The van der Waals surface area contributed by atoms with Crippen LogP contribution in [0.15, 0.2) is 0 Å². The molecule has 0 saturated carbocycles. The van der Waals surface area contributed by atoms with Crippen molar-refractivity contribution < 1.29 is 13.5 Å². The summed E-state index contributed by atoms with van der Waals surface area (Å²) in [5, 5.41) is 10.4. The molecule has 0 amide bonds. The van der Waals surface area contributed by atoms with Crippen molar-refractivity contribution in [3.8, 4) is 0 Å². The van der Waals surface area contributed by atoms with E-state index in [0.717, 1.165) is 19.5 Å². The molecule has 0 saturated heterocycles. The lowest BCUT2D eigenvalue weighted by atomic mass is 9.87. The van der Waals surface area contributed by atoms with Crippen molar-refractivity contribution in [3.05, 3.63) is 0 Å². The molecular weight excluding hydrogens is 250 g/mol. The molecule has 5 heteroatoms. The van der Waals surface area contributed by atoms with E-state index in [2.05, 4.69) is 32.6 Å². The third-order valence-electron chi connectivity index (χ3n) is 3.91. The number of sulfone groups is 1. The van der Waals surface area contributed by atoms with Gasteiger partial charge in [0, 0.05) is 17.5 Å². The van der Waals surface area contributed by atoms with Gasteiger partial charge >= 0.3 is 0 Å². The van der Waals surface area contributed by atoms with Crippen molar-refractivity contribution in [2.45, 2.75) is 58.6 Å². The first-order chi connectivity index (χ1) is 8.21. The zero-order valence-corrected chi connectivity index (χ0v) is 13.3. The summed E-state index contributed by atoms with van der Waals surface area (Å²) in [6, 6.07) is 0. The maximum absolute atomic E-state index is 11.1. The minimum atomic E-state index is -2.93. The summed E-state index contributed by atoms with van der Waals surface area (Å²) in [4.78, 5) is 2.25. The van der Waals surface area contributed by atoms with E-state index in [1.807, 2.05) is 0 Å². The predicted molar refractivity (Wildman–Crippen MR) is 76.6 cm³/mol. The van der Waals surface area contributed by atoms with Crippen LogP contribution in [0.3, 0.4) is 0 Å². The van der Waals surface area contributed by atoms with Gasteiger partial charge in [0.2, 0.25) is 0 Å². The highest BCUT2D eigenvalue weighted by Gasteiger charge is 2.35. The van der Waals surface area contributed by atoms with Gasteiger partial charge < -0.3 is 5.11 Å². The van der Waals surface area contributed by atoms with Gasteiger partial charge in [0.25, 0.3) is 0 Å². The summed E-state index contributed by atoms with van der Waals surface area (Å²) < 4.78 is 22.2. The molecule has 4 nitrogen and oxygen atoms in total. The highest BCUT2D eigenvalue weighted by Crippen LogP contribution is 2.26. The van der Waals surface area contributed by atoms with Crippen molar-refractivity contribution in [1.82, 2.24) is 4.90 Å². The van der Waals surface area contributed by atoms with Gasteiger partial charge in [-0.3, -0.25) is 4.90 Å². The van der Waals surface area contributed by atoms with Crippen LogP contribution in [0.1, 0.15) is 47.0 Å². The number of hydrogen-bond donors (Lipinski definition) is 1. The molecule has 0 radical (unpaired) electrons. The van der Waals surface area contributed by atoms with E-state index < -0.39 is 15.9 Å². The Labute approximate surface area is 112 Å². The summed E-state index contributed by atoms with van der Waals surface area (Å²) in [6.45, 7) is 10.1. The Morgan fingerprint density at radius 3 is 2.06 bits per heavy atom. The highest BCUT2D eigenvalue weighted by molar-refractivity contribution is 7.90. The maximum atomic E-state index is 11.1. The van der Waals surface area contributed by atoms with Crippen LogP contribution in [0.2, 0.25) is 0 Å². The molecule has 0 bridgehead atoms. The van der Waals surface area contributed by atoms with Crippen molar-refractivity contribution in [2.75, 3.05) is 25.1 Å². The summed E-state index contributed by atoms with van der Waals surface area (Å²) in [7, 11) is -2.93. The van der Waals surface area contributed by atoms with Gasteiger partial charge in [-0.2, -0.15) is 0 Å². The molecule has 1 N–H and O–H groups in total. The number of hydrogen-bond acceptors (Lipinski definition) is 4. The fraction of sp³-hybridized carbons (Fsp3) is 1.00. The number of nitrogens with zero attached hydrogens (tertiary/aromatic N) is 1. The Kier molecular flexibility index (Phi) is 7.40. The average molecular weight is 279 g/mol. The van der Waals surface area contributed by atoms with Crippen LogP contribution < -0.4 is 0 Å². The zero-order chi connectivity index (χ0) is 14.4. The van der Waals surface area contributed by atoms with Crippen molar-refractivity contribution in [1.29, 1.82) is 0 Å². The third-order valence-corrected chi connectivity index (χ3v) is 4.94. The van der Waals surface area contributed by atoms with Gasteiger partial charge in [-0.05, 0) is 39.3 Å². The van der Waals surface area contributed by atoms with Gasteiger partial charge in [-0.1, -0.05) is 20.8 Å². The van der Waals surface area contributed by atoms with E-state index in [4.69, 9.17) is 0 Å². The first kappa shape index (κ1) is 17.9. The van der Waals surface area contributed by atoms with Crippen LogP contribution >= 0.6 is 0 Å². The van der Waals surface area contributed by atoms with Gasteiger partial charge in [0.15, 0.2) is 0 Å². The second-order valence-electron chi connectivity index (χ2n) is 5.17. The molecule has 0 aliphatic carbocycles. The van der Waals surface area contributed by atoms with Crippen molar-refractivity contribution >= 4 is 9.84 Å². The summed E-state index contributed by atoms with van der Waals surface area (Å²) in [5.74, 6) is 0.155. The SMILES string of the molecule is CCN(CC)C(C)(CC)C(O)CCCS(C)(=O)=O. The van der Waals surface area contributed by atoms with Crippen molar-refractivity contribution in [2.24, 2.45) is 0 Å². The fourth-order valence-corrected chi connectivity index (χ4v) is 3.16. The number of aliphatic hydroxyl groups is 1. The molecular formula is C13H29NO3S. The average Bonchev–Trinajstić information content (AvgIpc) is 2.28. The minimum absolute atomic E-state index is 0.155. The van der Waals surface area contributed by atoms with Crippen LogP contribution in [-0.2, 0) is 9.84 Å². The van der Waals surface area contributed by atoms with E-state index in [-0.39, 0.29) is 11.3 Å². The maximum Gasteiger partial charge on any atom is 0.147 e. The molecule has 0 fully saturated rings. The smallest absolute Gasteiger partial charge is 0.147 e. The number of aliphatic hydroxyl groups excluding tert-OH is 1. The zero-order valence-electron chi connectivity index (χ0n) is 12.4. The Bertz CT molecular complexity index is 325. The summed E-state index contributed by atoms with van der Waals surface area (Å²) >= 11 is 0. The lowest BCUT2D eigenvalue weighted by molar-refractivity contribution is -0.0238. The molecule has 0 aliphatic heterocycles. The quantitative estimate of drug-likeness (QED) is 0.698. The molecule has 0 aromatic rings. The monoisotopic (exact) mass is 279 g/mol. The minimum Gasteiger partial charge on any atom is -0.391 e. The molecule has 18 heavy (non-hydrogen) atoms. The first-order valence-corrected chi connectivity index (χ1v) is 8.88. The lowest BCUT2D eigenvalue weighted by Gasteiger charge is -2.43. The molecule has 0 rings (SSSR count). The second kappa shape index (κ2) is 7.46. The van der Waals surface area contributed by atoms with E-state index in [9.17, 15) is 13.5 Å². The van der Waals surface area contributed by atoms with Crippen LogP contribution in [0.4, 0.5) is 0 Å². The molecule has 2 atom stereocenters. The molecule has 0 spiro atoms. The molecule has 0 heterocycles. The largest absolute Gasteiger partial charge is 0.391 e. The van der Waals surface area contributed by atoms with E-state index in [0.29, 0.717) is 12.8 Å². The molecule has 0 aromatic heterocycles. The van der Waals surface area contributed by atoms with E-state index in [1.54, 1.807) is 0 Å². The number of rotatable bonds is 9. The van der Waals surface area contributed by atoms with E-state index >= 15 is 0 Å². The standard InChI is InChI=1S/C13H29NO3S/c1-6-13(4,14(7-2)8-3)12(15)10-9-11-18(5,16)17/h12,15H,6-11H2,1-5H3. The van der Waals surface area contributed by atoms with Gasteiger partial charge in [-0.25, -0.2) is 8.42 Å². The Balaban J connectivity index is 4.55. The summed E-state index contributed by atoms with van der Waals surface area (Å²) in [6.07, 6.45) is 2.67. The van der Waals surface area contributed by atoms with Crippen LogP contribution in [0, 0.1) is 0 Å². The topological polar surface area (TPSA) is 57.6 Å². The van der Waals surface area contributed by atoms with Crippen LogP contribution in [0.5, 0.6) is 0 Å². The Morgan fingerprint density at radius 2 is 1.72 bits per heavy atom. The summed E-state index contributed by atoms with van der Waals surface area (Å²) in [5.41, 5.74) is -0.263. The first-order valence-electron chi connectivity index (χ1n) is 6.82. The normalized spacial score (nSPS) is 17.7. The predicted octanol–water partition coefficient (Wildman–Crippen LogP) is 1.68. The van der Waals surface area contributed by atoms with E-state index in [1.165, 1.54) is 6.26 Å². The lowest BCUT2D eigenvalue weighted by Crippen LogP contribution is -2.54.